The number of anilines is 2. The molecule has 2 aromatic carbocycles. The van der Waals surface area contributed by atoms with Gasteiger partial charge in [0.2, 0.25) is 5.91 Å². The molecular weight excluding hydrogens is 367 g/mol. The molecule has 0 bridgehead atoms. The first-order valence-corrected chi connectivity index (χ1v) is 8.21. The third-order valence-corrected chi connectivity index (χ3v) is 3.95. The zero-order chi connectivity index (χ0) is 17.8. The molecule has 1 aliphatic rings. The van der Waals surface area contributed by atoms with Gasteiger partial charge in [0.15, 0.2) is 6.61 Å². The third-order valence-electron chi connectivity index (χ3n) is 3.39. The third kappa shape index (κ3) is 4.55. The standard InChI is InChI=1S/C17H14Cl2N2O4/c18-10-1-3-11(4-2-10)24-6-5-16(22)20-13-8-15-14(7-12(13)19)21-17(23)9-25-15/h1-4,7-8H,5-6,9H2,(H,20,22)(H,21,23). The second-order valence-corrected chi connectivity index (χ2v) is 6.11. The van der Waals surface area contributed by atoms with Crippen molar-refractivity contribution in [2.75, 3.05) is 23.8 Å². The van der Waals surface area contributed by atoms with E-state index in [9.17, 15) is 9.59 Å². The molecule has 3 rings (SSSR count). The second-order valence-electron chi connectivity index (χ2n) is 5.27. The zero-order valence-electron chi connectivity index (χ0n) is 13.0. The Morgan fingerprint density at radius 3 is 2.76 bits per heavy atom. The van der Waals surface area contributed by atoms with Gasteiger partial charge in [0.25, 0.3) is 5.91 Å². The quantitative estimate of drug-likeness (QED) is 0.828. The first-order valence-electron chi connectivity index (χ1n) is 7.45. The predicted molar refractivity (Wildman–Crippen MR) is 95.8 cm³/mol. The monoisotopic (exact) mass is 380 g/mol. The highest BCUT2D eigenvalue weighted by Crippen LogP contribution is 2.36. The van der Waals surface area contributed by atoms with Crippen LogP contribution < -0.4 is 20.1 Å². The summed E-state index contributed by atoms with van der Waals surface area (Å²) >= 11 is 11.9. The molecule has 130 valence electrons. The average molecular weight is 381 g/mol. The highest BCUT2D eigenvalue weighted by molar-refractivity contribution is 6.34. The van der Waals surface area contributed by atoms with Gasteiger partial charge in [0.1, 0.15) is 11.5 Å². The maximum Gasteiger partial charge on any atom is 0.262 e. The number of hydrogen-bond donors (Lipinski definition) is 2. The molecule has 0 aromatic heterocycles. The van der Waals surface area contributed by atoms with Gasteiger partial charge >= 0.3 is 0 Å². The van der Waals surface area contributed by atoms with Crippen molar-refractivity contribution in [3.8, 4) is 11.5 Å². The summed E-state index contributed by atoms with van der Waals surface area (Å²) in [6.07, 6.45) is 0.146. The van der Waals surface area contributed by atoms with E-state index in [0.29, 0.717) is 32.9 Å². The fourth-order valence-electron chi connectivity index (χ4n) is 2.20. The summed E-state index contributed by atoms with van der Waals surface area (Å²) in [7, 11) is 0. The number of amides is 2. The van der Waals surface area contributed by atoms with Gasteiger partial charge < -0.3 is 20.1 Å². The number of hydrogen-bond acceptors (Lipinski definition) is 4. The van der Waals surface area contributed by atoms with Gasteiger partial charge in [-0.3, -0.25) is 9.59 Å². The van der Waals surface area contributed by atoms with Crippen LogP contribution in [0.15, 0.2) is 36.4 Å². The summed E-state index contributed by atoms with van der Waals surface area (Å²) in [5, 5.41) is 6.27. The van der Waals surface area contributed by atoms with Crippen molar-refractivity contribution in [2.24, 2.45) is 0 Å². The van der Waals surface area contributed by atoms with Crippen LogP contribution in [0.3, 0.4) is 0 Å². The number of nitrogens with one attached hydrogen (secondary N) is 2. The maximum absolute atomic E-state index is 12.0. The molecule has 2 aromatic rings. The minimum absolute atomic E-state index is 0.0725. The van der Waals surface area contributed by atoms with Gasteiger partial charge in [0.05, 0.1) is 29.4 Å². The summed E-state index contributed by atoms with van der Waals surface area (Å²) in [4.78, 5) is 23.3. The molecule has 0 saturated heterocycles. The van der Waals surface area contributed by atoms with Gasteiger partial charge in [-0.2, -0.15) is 0 Å². The van der Waals surface area contributed by atoms with E-state index in [1.807, 2.05) is 0 Å². The molecule has 0 atom stereocenters. The minimum Gasteiger partial charge on any atom is -0.493 e. The van der Waals surface area contributed by atoms with E-state index in [1.54, 1.807) is 30.3 Å². The summed E-state index contributed by atoms with van der Waals surface area (Å²) in [5.41, 5.74) is 0.887. The molecule has 1 heterocycles. The van der Waals surface area contributed by atoms with Crippen LogP contribution in [-0.4, -0.2) is 25.0 Å². The number of halogens is 2. The molecule has 25 heavy (non-hydrogen) atoms. The molecular formula is C17H14Cl2N2O4. The molecule has 0 spiro atoms. The largest absolute Gasteiger partial charge is 0.493 e. The predicted octanol–water partition coefficient (Wildman–Crippen LogP) is 3.73. The second kappa shape index (κ2) is 7.63. The smallest absolute Gasteiger partial charge is 0.262 e. The molecule has 2 amide bonds. The Labute approximate surface area is 154 Å². The Kier molecular flexibility index (Phi) is 5.31. The first-order chi connectivity index (χ1) is 12.0. The molecule has 1 aliphatic heterocycles. The van der Waals surface area contributed by atoms with Crippen molar-refractivity contribution in [1.29, 1.82) is 0 Å². The first kappa shape index (κ1) is 17.4. The van der Waals surface area contributed by atoms with E-state index in [-0.39, 0.29) is 31.4 Å². The highest BCUT2D eigenvalue weighted by Gasteiger charge is 2.19. The molecule has 2 N–H and O–H groups in total. The van der Waals surface area contributed by atoms with E-state index >= 15 is 0 Å². The maximum atomic E-state index is 12.0. The Morgan fingerprint density at radius 2 is 2.00 bits per heavy atom. The highest BCUT2D eigenvalue weighted by atomic mass is 35.5. The van der Waals surface area contributed by atoms with Crippen LogP contribution in [0.4, 0.5) is 11.4 Å². The van der Waals surface area contributed by atoms with Crippen LogP contribution in [0.2, 0.25) is 10.0 Å². The molecule has 0 radical (unpaired) electrons. The van der Waals surface area contributed by atoms with E-state index < -0.39 is 0 Å². The summed E-state index contributed by atoms with van der Waals surface area (Å²) in [6.45, 7) is 0.138. The lowest BCUT2D eigenvalue weighted by molar-refractivity contribution is -0.119. The van der Waals surface area contributed by atoms with E-state index in [1.165, 1.54) is 6.07 Å². The van der Waals surface area contributed by atoms with Gasteiger partial charge in [-0.25, -0.2) is 0 Å². The Bertz CT molecular complexity index is 809. The van der Waals surface area contributed by atoms with Crippen LogP contribution in [-0.2, 0) is 9.59 Å². The fraction of sp³-hybridized carbons (Fsp3) is 0.176. The van der Waals surface area contributed by atoms with Crippen molar-refractivity contribution < 1.29 is 19.1 Å². The van der Waals surface area contributed by atoms with Crippen molar-refractivity contribution in [3.63, 3.8) is 0 Å². The Hall–Kier alpha value is -2.44. The number of carbonyl (C=O) groups excluding carboxylic acids is 2. The molecule has 0 aliphatic carbocycles. The van der Waals surface area contributed by atoms with Crippen molar-refractivity contribution in [1.82, 2.24) is 0 Å². The van der Waals surface area contributed by atoms with E-state index in [4.69, 9.17) is 32.7 Å². The fourth-order valence-corrected chi connectivity index (χ4v) is 2.54. The number of carbonyl (C=O) groups is 2. The van der Waals surface area contributed by atoms with Crippen LogP contribution in [0.1, 0.15) is 6.42 Å². The zero-order valence-corrected chi connectivity index (χ0v) is 14.5. The Morgan fingerprint density at radius 1 is 1.24 bits per heavy atom. The number of ether oxygens (including phenoxy) is 2. The molecule has 0 fully saturated rings. The van der Waals surface area contributed by atoms with Crippen LogP contribution in [0.25, 0.3) is 0 Å². The summed E-state index contributed by atoms with van der Waals surface area (Å²) in [6, 6.07) is 9.99. The molecule has 6 nitrogen and oxygen atoms in total. The van der Waals surface area contributed by atoms with Crippen LogP contribution in [0.5, 0.6) is 11.5 Å². The topological polar surface area (TPSA) is 76.7 Å². The SMILES string of the molecule is O=C(CCOc1ccc(Cl)cc1)Nc1cc2c(cc1Cl)NC(=O)CO2. The number of rotatable bonds is 5. The molecule has 0 unspecified atom stereocenters. The normalized spacial score (nSPS) is 12.6. The average Bonchev–Trinajstić information content (AvgIpc) is 2.57. The van der Waals surface area contributed by atoms with Crippen LogP contribution in [0, 0.1) is 0 Å². The Balaban J connectivity index is 1.56. The van der Waals surface area contributed by atoms with Crippen molar-refractivity contribution in [3.05, 3.63) is 46.4 Å². The lowest BCUT2D eigenvalue weighted by atomic mass is 10.2. The van der Waals surface area contributed by atoms with Crippen molar-refractivity contribution >= 4 is 46.4 Å². The molecule has 0 saturated carbocycles. The van der Waals surface area contributed by atoms with Gasteiger partial charge in [-0.15, -0.1) is 0 Å². The number of fused-ring (bicyclic) bond motifs is 1. The lowest BCUT2D eigenvalue weighted by Crippen LogP contribution is -2.25. The molecule has 8 heteroatoms. The summed E-state index contributed by atoms with van der Waals surface area (Å²) in [5.74, 6) is 0.584. The van der Waals surface area contributed by atoms with Crippen LogP contribution >= 0.6 is 23.2 Å². The van der Waals surface area contributed by atoms with Gasteiger partial charge in [-0.05, 0) is 30.3 Å². The number of benzene rings is 2. The van der Waals surface area contributed by atoms with Crippen molar-refractivity contribution in [2.45, 2.75) is 6.42 Å². The summed E-state index contributed by atoms with van der Waals surface area (Å²) < 4.78 is 10.8. The van der Waals surface area contributed by atoms with Gasteiger partial charge in [0, 0.05) is 11.1 Å². The lowest BCUT2D eigenvalue weighted by Gasteiger charge is -2.19. The van der Waals surface area contributed by atoms with E-state index in [2.05, 4.69) is 10.6 Å². The van der Waals surface area contributed by atoms with E-state index in [0.717, 1.165) is 0 Å². The minimum atomic E-state index is -0.254. The van der Waals surface area contributed by atoms with Gasteiger partial charge in [-0.1, -0.05) is 23.2 Å².